The molecule has 0 fully saturated rings. The van der Waals surface area contributed by atoms with Crippen molar-refractivity contribution < 1.29 is 14.3 Å². The molecule has 1 amide bonds. The Kier molecular flexibility index (Phi) is 7.15. The summed E-state index contributed by atoms with van der Waals surface area (Å²) in [4.78, 5) is 12.2. The van der Waals surface area contributed by atoms with Crippen molar-refractivity contribution in [2.75, 3.05) is 12.8 Å². The van der Waals surface area contributed by atoms with Crippen LogP contribution in [0, 0.1) is 0 Å². The number of hydrogen-bond donors (Lipinski definition) is 2. The van der Waals surface area contributed by atoms with Crippen LogP contribution in [-0.2, 0) is 12.0 Å². The van der Waals surface area contributed by atoms with Crippen LogP contribution in [0.1, 0.15) is 47.8 Å². The highest BCUT2D eigenvalue weighted by Crippen LogP contribution is 2.29. The van der Waals surface area contributed by atoms with E-state index in [2.05, 4.69) is 55.6 Å². The highest BCUT2D eigenvalue weighted by atomic mass is 16.5. The van der Waals surface area contributed by atoms with Gasteiger partial charge < -0.3 is 15.2 Å². The minimum Gasteiger partial charge on any atom is -0.493 e. The van der Waals surface area contributed by atoms with Gasteiger partial charge in [0.2, 0.25) is 0 Å². The number of methoxy groups -OCH3 is 1. The molecule has 0 radical (unpaired) electrons. The summed E-state index contributed by atoms with van der Waals surface area (Å²) in [5, 5.41) is 4.01. The molecule has 3 aromatic carbocycles. The number of nitrogens with zero attached hydrogens (tertiary/aromatic N) is 1. The van der Waals surface area contributed by atoms with Crippen molar-refractivity contribution in [2.45, 2.75) is 32.8 Å². The van der Waals surface area contributed by atoms with Crippen LogP contribution in [0.5, 0.6) is 11.5 Å². The second-order valence-corrected chi connectivity index (χ2v) is 8.43. The van der Waals surface area contributed by atoms with Gasteiger partial charge in [-0.3, -0.25) is 4.79 Å². The number of nitrogens with one attached hydrogen (secondary N) is 1. The number of para-hydroxylation sites is 1. The van der Waals surface area contributed by atoms with Gasteiger partial charge in [0.1, 0.15) is 6.61 Å². The number of carbonyl (C=O) groups excluding carboxylic acids is 1. The standard InChI is InChI=1S/C26H29N3O3/c1-26(2,3)20-12-9-18(10-13-20)17-32-23-14-11-19(15-24(23)31-4)16-28-29-25(30)21-7-5-6-8-22(21)27/h5-16H,17,27H2,1-4H3,(H,29,30)/b28-16+. The molecule has 0 unspecified atom stereocenters. The van der Waals surface area contributed by atoms with Gasteiger partial charge in [-0.25, -0.2) is 5.43 Å². The molecule has 0 saturated heterocycles. The Hall–Kier alpha value is -3.80. The third-order valence-electron chi connectivity index (χ3n) is 4.99. The third-order valence-corrected chi connectivity index (χ3v) is 4.99. The predicted octanol–water partition coefficient (Wildman–Crippen LogP) is 4.92. The Morgan fingerprint density at radius 3 is 2.41 bits per heavy atom. The van der Waals surface area contributed by atoms with Crippen LogP contribution >= 0.6 is 0 Å². The van der Waals surface area contributed by atoms with E-state index in [1.807, 2.05) is 12.1 Å². The molecule has 32 heavy (non-hydrogen) atoms. The number of benzene rings is 3. The summed E-state index contributed by atoms with van der Waals surface area (Å²) in [6.45, 7) is 7.01. The molecule has 6 nitrogen and oxygen atoms in total. The van der Waals surface area contributed by atoms with Gasteiger partial charge in [-0.15, -0.1) is 0 Å². The van der Waals surface area contributed by atoms with Crippen molar-refractivity contribution in [3.63, 3.8) is 0 Å². The van der Waals surface area contributed by atoms with Gasteiger partial charge in [-0.2, -0.15) is 5.10 Å². The minimum atomic E-state index is -0.372. The Morgan fingerprint density at radius 2 is 1.75 bits per heavy atom. The Balaban J connectivity index is 1.62. The third kappa shape index (κ3) is 5.88. The van der Waals surface area contributed by atoms with Crippen LogP contribution in [-0.4, -0.2) is 19.2 Å². The SMILES string of the molecule is COc1cc(/C=N/NC(=O)c2ccccc2N)ccc1OCc1ccc(C(C)(C)C)cc1. The van der Waals surface area contributed by atoms with Crippen LogP contribution in [0.25, 0.3) is 0 Å². The van der Waals surface area contributed by atoms with E-state index in [9.17, 15) is 4.79 Å². The summed E-state index contributed by atoms with van der Waals surface area (Å²) >= 11 is 0. The van der Waals surface area contributed by atoms with Crippen molar-refractivity contribution in [1.29, 1.82) is 0 Å². The predicted molar refractivity (Wildman–Crippen MR) is 128 cm³/mol. The van der Waals surface area contributed by atoms with E-state index in [-0.39, 0.29) is 11.3 Å². The molecule has 0 saturated carbocycles. The van der Waals surface area contributed by atoms with E-state index in [1.54, 1.807) is 37.4 Å². The van der Waals surface area contributed by atoms with Gasteiger partial charge in [-0.1, -0.05) is 57.2 Å². The molecule has 0 aliphatic heterocycles. The monoisotopic (exact) mass is 431 g/mol. The van der Waals surface area contributed by atoms with Crippen molar-refractivity contribution in [1.82, 2.24) is 5.43 Å². The average molecular weight is 432 g/mol. The average Bonchev–Trinajstić information content (AvgIpc) is 2.78. The Bertz CT molecular complexity index is 1100. The summed E-state index contributed by atoms with van der Waals surface area (Å²) in [6.07, 6.45) is 1.54. The smallest absolute Gasteiger partial charge is 0.273 e. The first kappa shape index (κ1) is 22.9. The maximum absolute atomic E-state index is 12.2. The first-order valence-corrected chi connectivity index (χ1v) is 10.4. The van der Waals surface area contributed by atoms with Crippen LogP contribution in [0.15, 0.2) is 71.8 Å². The highest BCUT2D eigenvalue weighted by Gasteiger charge is 2.13. The van der Waals surface area contributed by atoms with E-state index in [0.29, 0.717) is 29.4 Å². The summed E-state index contributed by atoms with van der Waals surface area (Å²) < 4.78 is 11.4. The second kappa shape index (κ2) is 10.0. The molecule has 0 aliphatic carbocycles. The maximum Gasteiger partial charge on any atom is 0.273 e. The number of anilines is 1. The number of hydrazone groups is 1. The number of ether oxygens (including phenoxy) is 2. The van der Waals surface area contributed by atoms with Gasteiger partial charge in [0.25, 0.3) is 5.91 Å². The van der Waals surface area contributed by atoms with Crippen molar-refractivity contribution in [3.8, 4) is 11.5 Å². The zero-order valence-electron chi connectivity index (χ0n) is 18.9. The lowest BCUT2D eigenvalue weighted by molar-refractivity contribution is 0.0956. The quantitative estimate of drug-likeness (QED) is 0.316. The molecular weight excluding hydrogens is 402 g/mol. The van der Waals surface area contributed by atoms with Gasteiger partial charge >= 0.3 is 0 Å². The number of nitrogen functional groups attached to an aromatic ring is 1. The van der Waals surface area contributed by atoms with Crippen LogP contribution in [0.4, 0.5) is 5.69 Å². The lowest BCUT2D eigenvalue weighted by atomic mass is 9.87. The number of carbonyl (C=O) groups is 1. The van der Waals surface area contributed by atoms with Crippen molar-refractivity contribution in [2.24, 2.45) is 5.10 Å². The van der Waals surface area contributed by atoms with E-state index in [1.165, 1.54) is 11.8 Å². The molecule has 0 spiro atoms. The maximum atomic E-state index is 12.2. The largest absolute Gasteiger partial charge is 0.493 e. The number of nitrogens with two attached hydrogens (primary N) is 1. The van der Waals surface area contributed by atoms with Crippen molar-refractivity contribution >= 4 is 17.8 Å². The zero-order valence-corrected chi connectivity index (χ0v) is 18.9. The molecule has 6 heteroatoms. The molecular formula is C26H29N3O3. The minimum absolute atomic E-state index is 0.118. The number of amides is 1. The molecule has 166 valence electrons. The molecule has 0 aliphatic rings. The Labute approximate surface area is 189 Å². The number of rotatable bonds is 7. The van der Waals surface area contributed by atoms with Crippen LogP contribution < -0.4 is 20.6 Å². The molecule has 0 aromatic heterocycles. The highest BCUT2D eigenvalue weighted by molar-refractivity contribution is 5.99. The molecule has 3 aromatic rings. The summed E-state index contributed by atoms with van der Waals surface area (Å²) in [6, 6.07) is 20.7. The fraction of sp³-hybridized carbons (Fsp3) is 0.231. The normalized spacial score (nSPS) is 11.4. The van der Waals surface area contributed by atoms with Gasteiger partial charge in [-0.05, 0) is 52.4 Å². The first-order chi connectivity index (χ1) is 15.3. The molecule has 0 bridgehead atoms. The zero-order chi connectivity index (χ0) is 23.1. The molecule has 3 N–H and O–H groups in total. The summed E-state index contributed by atoms with van der Waals surface area (Å²) in [5.74, 6) is 0.841. The van der Waals surface area contributed by atoms with Gasteiger partial charge in [0.15, 0.2) is 11.5 Å². The molecule has 0 atom stereocenters. The molecule has 3 rings (SSSR count). The first-order valence-electron chi connectivity index (χ1n) is 10.4. The van der Waals surface area contributed by atoms with Gasteiger partial charge in [0.05, 0.1) is 18.9 Å². The Morgan fingerprint density at radius 1 is 1.03 bits per heavy atom. The van der Waals surface area contributed by atoms with Crippen LogP contribution in [0.3, 0.4) is 0 Å². The van der Waals surface area contributed by atoms with E-state index < -0.39 is 0 Å². The number of hydrogen-bond acceptors (Lipinski definition) is 5. The van der Waals surface area contributed by atoms with Gasteiger partial charge in [0, 0.05) is 5.69 Å². The van der Waals surface area contributed by atoms with E-state index >= 15 is 0 Å². The summed E-state index contributed by atoms with van der Waals surface area (Å²) in [5.41, 5.74) is 12.3. The fourth-order valence-corrected chi connectivity index (χ4v) is 3.08. The summed E-state index contributed by atoms with van der Waals surface area (Å²) in [7, 11) is 1.58. The van der Waals surface area contributed by atoms with Crippen molar-refractivity contribution in [3.05, 3.63) is 89.0 Å². The van der Waals surface area contributed by atoms with E-state index in [4.69, 9.17) is 15.2 Å². The molecule has 0 heterocycles. The lowest BCUT2D eigenvalue weighted by Gasteiger charge is -2.19. The fourth-order valence-electron chi connectivity index (χ4n) is 3.08. The second-order valence-electron chi connectivity index (χ2n) is 8.43. The lowest BCUT2D eigenvalue weighted by Crippen LogP contribution is -2.19. The van der Waals surface area contributed by atoms with Crippen LogP contribution in [0.2, 0.25) is 0 Å². The topological polar surface area (TPSA) is 85.9 Å². The van der Waals surface area contributed by atoms with E-state index in [0.717, 1.165) is 11.1 Å².